The van der Waals surface area contributed by atoms with Crippen LogP contribution in [0, 0.1) is 0 Å². The molecule has 14 heteroatoms. The second kappa shape index (κ2) is 13.1. The number of ether oxygens (including phenoxy) is 3. The molecule has 1 heterocycles. The Morgan fingerprint density at radius 1 is 1.21 bits per heavy atom. The molecular weight excluding hydrogens is 549 g/mol. The van der Waals surface area contributed by atoms with Gasteiger partial charge in [-0.05, 0) is 42.8 Å². The first kappa shape index (κ1) is 28.7. The molecule has 0 aliphatic carbocycles. The first-order valence-electron chi connectivity index (χ1n) is 11.0. The third kappa shape index (κ3) is 8.35. The second-order valence-electron chi connectivity index (χ2n) is 7.45. The number of aromatic nitrogens is 1. The second-order valence-corrected chi connectivity index (χ2v) is 8.71. The van der Waals surface area contributed by atoms with Crippen molar-refractivity contribution in [3.8, 4) is 11.5 Å². The van der Waals surface area contributed by atoms with Gasteiger partial charge in [0.15, 0.2) is 23.2 Å². The van der Waals surface area contributed by atoms with E-state index in [-0.39, 0.29) is 35.2 Å². The fourth-order valence-corrected chi connectivity index (χ4v) is 3.98. The summed E-state index contributed by atoms with van der Waals surface area (Å²) in [5.41, 5.74) is 2.71. The molecule has 3 rings (SSSR count). The fraction of sp³-hybridized carbons (Fsp3) is 0.250. The normalized spacial score (nSPS) is 11.3. The predicted octanol–water partition coefficient (Wildman–Crippen LogP) is 5.20. The minimum atomic E-state index is -4.46. The van der Waals surface area contributed by atoms with Crippen LogP contribution in [0.25, 0.3) is 0 Å². The Hall–Kier alpha value is -3.84. The highest BCUT2D eigenvalue weighted by Gasteiger charge is 2.30. The third-order valence-corrected chi connectivity index (χ3v) is 5.72. The van der Waals surface area contributed by atoms with E-state index in [0.717, 1.165) is 23.5 Å². The number of thiazole rings is 1. The van der Waals surface area contributed by atoms with E-state index in [2.05, 4.69) is 25.6 Å². The topological polar surface area (TPSA) is 111 Å². The Morgan fingerprint density at radius 2 is 2.00 bits per heavy atom. The van der Waals surface area contributed by atoms with Crippen LogP contribution in [0.1, 0.15) is 23.7 Å². The molecule has 2 N–H and O–H groups in total. The number of halogens is 4. The lowest BCUT2D eigenvalue weighted by atomic mass is 10.2. The molecule has 202 valence electrons. The molecule has 0 aliphatic rings. The van der Waals surface area contributed by atoms with E-state index in [0.29, 0.717) is 23.0 Å². The van der Waals surface area contributed by atoms with Gasteiger partial charge in [-0.3, -0.25) is 4.79 Å². The largest absolute Gasteiger partial charge is 0.490 e. The highest BCUT2D eigenvalue weighted by Crippen LogP contribution is 2.36. The molecule has 2 aromatic carbocycles. The van der Waals surface area contributed by atoms with Gasteiger partial charge in [-0.15, -0.1) is 11.3 Å². The number of amides is 1. The number of carbonyl (C=O) groups is 2. The molecule has 38 heavy (non-hydrogen) atoms. The van der Waals surface area contributed by atoms with Crippen molar-refractivity contribution < 1.29 is 37.0 Å². The van der Waals surface area contributed by atoms with Crippen molar-refractivity contribution in [1.82, 2.24) is 10.4 Å². The van der Waals surface area contributed by atoms with Crippen LogP contribution >= 0.6 is 22.9 Å². The van der Waals surface area contributed by atoms with Crippen molar-refractivity contribution >= 4 is 51.8 Å². The van der Waals surface area contributed by atoms with Crippen molar-refractivity contribution in [1.29, 1.82) is 0 Å². The molecule has 0 radical (unpaired) electrons. The van der Waals surface area contributed by atoms with Crippen LogP contribution < -0.4 is 20.2 Å². The molecule has 0 aliphatic heterocycles. The monoisotopic (exact) mass is 570 g/mol. The van der Waals surface area contributed by atoms with Gasteiger partial charge in [0.2, 0.25) is 5.91 Å². The fourth-order valence-electron chi connectivity index (χ4n) is 2.98. The van der Waals surface area contributed by atoms with Crippen LogP contribution in [0.2, 0.25) is 5.02 Å². The highest BCUT2D eigenvalue weighted by molar-refractivity contribution is 7.13. The molecule has 0 saturated heterocycles. The van der Waals surface area contributed by atoms with Gasteiger partial charge in [0, 0.05) is 11.1 Å². The number of rotatable bonds is 11. The van der Waals surface area contributed by atoms with E-state index in [9.17, 15) is 22.8 Å². The number of nitrogens with one attached hydrogen (secondary N) is 2. The lowest BCUT2D eigenvalue weighted by Crippen LogP contribution is -2.20. The SMILES string of the molecule is CCOc1cc(/C=N\NC(=O)Cc2csc(Nc3cccc(C(F)(F)F)c3)n2)cc(Cl)c1OCC(=O)OC. The Labute approximate surface area is 224 Å². The maximum absolute atomic E-state index is 12.9. The van der Waals surface area contributed by atoms with E-state index in [4.69, 9.17) is 21.1 Å². The average molecular weight is 571 g/mol. The zero-order chi connectivity index (χ0) is 27.7. The average Bonchev–Trinajstić information content (AvgIpc) is 3.29. The van der Waals surface area contributed by atoms with Gasteiger partial charge in [0.1, 0.15) is 0 Å². The van der Waals surface area contributed by atoms with E-state index < -0.39 is 23.6 Å². The molecule has 9 nitrogen and oxygen atoms in total. The van der Waals surface area contributed by atoms with Gasteiger partial charge < -0.3 is 19.5 Å². The number of benzene rings is 2. The predicted molar refractivity (Wildman–Crippen MR) is 136 cm³/mol. The Kier molecular flexibility index (Phi) is 9.91. The van der Waals surface area contributed by atoms with E-state index in [1.54, 1.807) is 18.4 Å². The van der Waals surface area contributed by atoms with Gasteiger partial charge in [-0.2, -0.15) is 18.3 Å². The number of alkyl halides is 3. The summed E-state index contributed by atoms with van der Waals surface area (Å²) in [7, 11) is 1.23. The Morgan fingerprint density at radius 3 is 2.71 bits per heavy atom. The van der Waals surface area contributed by atoms with Crippen LogP contribution in [0.3, 0.4) is 0 Å². The first-order valence-corrected chi connectivity index (χ1v) is 12.2. The minimum absolute atomic E-state index is 0.108. The lowest BCUT2D eigenvalue weighted by Gasteiger charge is -2.13. The number of nitrogens with zero attached hydrogens (tertiary/aromatic N) is 2. The molecular formula is C24H22ClF3N4O5S. The molecule has 0 saturated carbocycles. The summed E-state index contributed by atoms with van der Waals surface area (Å²) in [5.74, 6) is -0.611. The van der Waals surface area contributed by atoms with Crippen molar-refractivity contribution in [3.63, 3.8) is 0 Å². The van der Waals surface area contributed by atoms with Crippen molar-refractivity contribution in [2.24, 2.45) is 5.10 Å². The zero-order valence-corrected chi connectivity index (χ0v) is 21.7. The molecule has 0 atom stereocenters. The Balaban J connectivity index is 1.58. The van der Waals surface area contributed by atoms with Crippen LogP contribution in [-0.4, -0.2) is 43.4 Å². The Bertz CT molecular complexity index is 1320. The van der Waals surface area contributed by atoms with Gasteiger partial charge in [0.25, 0.3) is 0 Å². The number of hydrogen-bond acceptors (Lipinski definition) is 9. The summed E-state index contributed by atoms with van der Waals surface area (Å²) in [6.07, 6.45) is -3.22. The molecule has 3 aromatic rings. The number of esters is 1. The summed E-state index contributed by atoms with van der Waals surface area (Å²) in [4.78, 5) is 27.9. The van der Waals surface area contributed by atoms with Crippen molar-refractivity contribution in [3.05, 3.63) is 63.6 Å². The van der Waals surface area contributed by atoms with Crippen molar-refractivity contribution in [2.75, 3.05) is 25.6 Å². The van der Waals surface area contributed by atoms with Crippen LogP contribution in [0.15, 0.2) is 46.9 Å². The van der Waals surface area contributed by atoms with Gasteiger partial charge in [-0.1, -0.05) is 17.7 Å². The lowest BCUT2D eigenvalue weighted by molar-refractivity contribution is -0.143. The summed E-state index contributed by atoms with van der Waals surface area (Å²) in [5, 5.41) is 8.82. The minimum Gasteiger partial charge on any atom is -0.490 e. The van der Waals surface area contributed by atoms with Crippen LogP contribution in [-0.2, 0) is 26.9 Å². The highest BCUT2D eigenvalue weighted by atomic mass is 35.5. The number of carbonyl (C=O) groups excluding carboxylic acids is 2. The molecule has 0 fully saturated rings. The number of hydrazone groups is 1. The standard InChI is InChI=1S/C24H22ClF3N4O5S/c1-3-36-19-8-14(7-18(25)22(19)37-12-21(34)35-2)11-29-32-20(33)10-17-13-38-23(31-17)30-16-6-4-5-15(9-16)24(26,27)28/h4-9,11,13H,3,10,12H2,1-2H3,(H,30,31)(H,32,33)/b29-11-. The maximum Gasteiger partial charge on any atom is 0.416 e. The van der Waals surface area contributed by atoms with Gasteiger partial charge in [0.05, 0.1) is 42.6 Å². The number of anilines is 2. The maximum atomic E-state index is 12.9. The molecule has 0 spiro atoms. The number of methoxy groups -OCH3 is 1. The first-order chi connectivity index (χ1) is 18.1. The van der Waals surface area contributed by atoms with E-state index in [1.807, 2.05) is 0 Å². The van der Waals surface area contributed by atoms with Crippen LogP contribution in [0.5, 0.6) is 11.5 Å². The quantitative estimate of drug-likeness (QED) is 0.185. The van der Waals surface area contributed by atoms with Gasteiger partial charge in [-0.25, -0.2) is 15.2 Å². The summed E-state index contributed by atoms with van der Waals surface area (Å²) in [6.45, 7) is 1.71. The van der Waals surface area contributed by atoms with Crippen LogP contribution in [0.4, 0.5) is 24.0 Å². The molecule has 1 aromatic heterocycles. The zero-order valence-electron chi connectivity index (χ0n) is 20.1. The molecule has 1 amide bonds. The third-order valence-electron chi connectivity index (χ3n) is 4.63. The smallest absolute Gasteiger partial charge is 0.416 e. The van der Waals surface area contributed by atoms with E-state index >= 15 is 0 Å². The van der Waals surface area contributed by atoms with Gasteiger partial charge >= 0.3 is 12.1 Å². The number of hydrogen-bond donors (Lipinski definition) is 2. The molecule has 0 unspecified atom stereocenters. The van der Waals surface area contributed by atoms with E-state index in [1.165, 1.54) is 31.5 Å². The summed E-state index contributed by atoms with van der Waals surface area (Å²) in [6, 6.07) is 7.81. The molecule has 0 bridgehead atoms. The summed E-state index contributed by atoms with van der Waals surface area (Å²) >= 11 is 7.41. The summed E-state index contributed by atoms with van der Waals surface area (Å²) < 4.78 is 54.1. The van der Waals surface area contributed by atoms with Crippen molar-refractivity contribution in [2.45, 2.75) is 19.5 Å².